The second kappa shape index (κ2) is 13.3. The van der Waals surface area contributed by atoms with Crippen molar-refractivity contribution in [1.82, 2.24) is 20.5 Å². The minimum Gasteiger partial charge on any atom is -0.479 e. The van der Waals surface area contributed by atoms with Crippen molar-refractivity contribution in [1.29, 1.82) is 0 Å². The predicted octanol–water partition coefficient (Wildman–Crippen LogP) is 2.92. The molecule has 0 radical (unpaired) electrons. The van der Waals surface area contributed by atoms with Gasteiger partial charge < -0.3 is 30.2 Å². The molecule has 226 valence electrons. The maximum Gasteiger partial charge on any atom is 0.408 e. The molecule has 1 unspecified atom stereocenters. The van der Waals surface area contributed by atoms with E-state index < -0.39 is 47.6 Å². The lowest BCUT2D eigenvalue weighted by atomic mass is 10.0. The van der Waals surface area contributed by atoms with Crippen LogP contribution in [0.2, 0.25) is 0 Å². The summed E-state index contributed by atoms with van der Waals surface area (Å²) in [5.41, 5.74) is -0.628. The van der Waals surface area contributed by atoms with Gasteiger partial charge in [-0.2, -0.15) is 0 Å². The molecule has 3 fully saturated rings. The SMILES string of the molecule is O=C(N[C@H]1CCCCC/C=C\C2C[C@@]2(C(=O)O)NC(=O)[C@@H]2C[C@@H](O/N=C/c3ccncc3)CN2C1=O)OC1CCCC1. The number of carboxylic acids is 1. The van der Waals surface area contributed by atoms with E-state index in [4.69, 9.17) is 9.57 Å². The number of hydrogen-bond donors (Lipinski definition) is 3. The number of alkyl carbamates (subject to hydrolysis) is 1. The minimum absolute atomic E-state index is 0.0594. The molecule has 12 nitrogen and oxygen atoms in total. The van der Waals surface area contributed by atoms with Crippen molar-refractivity contribution >= 4 is 30.1 Å². The Hall–Kier alpha value is -3.96. The van der Waals surface area contributed by atoms with Crippen LogP contribution in [0.5, 0.6) is 0 Å². The van der Waals surface area contributed by atoms with Crippen LogP contribution in [0.25, 0.3) is 0 Å². The number of aromatic nitrogens is 1. The van der Waals surface area contributed by atoms with Crippen molar-refractivity contribution in [3.05, 3.63) is 42.2 Å². The number of aliphatic carboxylic acids is 1. The van der Waals surface area contributed by atoms with Crippen LogP contribution in [-0.4, -0.2) is 81.5 Å². The number of nitrogens with zero attached hydrogens (tertiary/aromatic N) is 3. The molecule has 3 heterocycles. The first kappa shape index (κ1) is 29.5. The molecule has 0 bridgehead atoms. The van der Waals surface area contributed by atoms with Gasteiger partial charge in [0, 0.05) is 24.7 Å². The highest BCUT2D eigenvalue weighted by atomic mass is 16.6. The Morgan fingerprint density at radius 2 is 1.86 bits per heavy atom. The van der Waals surface area contributed by atoms with Gasteiger partial charge in [-0.1, -0.05) is 30.1 Å². The maximum atomic E-state index is 14.0. The number of carbonyl (C=O) groups excluding carboxylic acids is 3. The fraction of sp³-hybridized carbons (Fsp3) is 0.600. The van der Waals surface area contributed by atoms with Crippen LogP contribution in [-0.2, 0) is 24.0 Å². The lowest BCUT2D eigenvalue weighted by Gasteiger charge is -2.29. The molecule has 3 N–H and O–H groups in total. The summed E-state index contributed by atoms with van der Waals surface area (Å²) in [6.45, 7) is 0.0594. The summed E-state index contributed by atoms with van der Waals surface area (Å²) in [6, 6.07) is 1.64. The van der Waals surface area contributed by atoms with E-state index in [0.717, 1.165) is 50.5 Å². The highest BCUT2D eigenvalue weighted by Crippen LogP contribution is 2.45. The number of allylic oxidation sites excluding steroid dienone is 1. The van der Waals surface area contributed by atoms with Gasteiger partial charge >= 0.3 is 12.1 Å². The molecule has 42 heavy (non-hydrogen) atoms. The molecule has 1 aromatic rings. The molecule has 5 rings (SSSR count). The Morgan fingerprint density at radius 3 is 2.62 bits per heavy atom. The normalized spacial score (nSPS) is 31.3. The first-order valence-electron chi connectivity index (χ1n) is 14.9. The molecule has 0 spiro atoms. The Balaban J connectivity index is 1.35. The highest BCUT2D eigenvalue weighted by molar-refractivity contribution is 5.96. The van der Waals surface area contributed by atoms with Gasteiger partial charge in [0.05, 0.1) is 12.8 Å². The van der Waals surface area contributed by atoms with E-state index in [1.165, 1.54) is 11.1 Å². The van der Waals surface area contributed by atoms with Crippen LogP contribution >= 0.6 is 0 Å². The number of nitrogens with one attached hydrogen (secondary N) is 2. The number of hydrogen-bond acceptors (Lipinski definition) is 8. The number of carboxylic acid groups (broad SMARTS) is 1. The third-order valence-corrected chi connectivity index (χ3v) is 8.61. The Labute approximate surface area is 244 Å². The molecule has 5 atom stereocenters. The topological polar surface area (TPSA) is 160 Å². The largest absolute Gasteiger partial charge is 0.479 e. The van der Waals surface area contributed by atoms with Crippen LogP contribution in [0.4, 0.5) is 4.79 Å². The van der Waals surface area contributed by atoms with Crippen molar-refractivity contribution in [2.45, 2.75) is 100 Å². The molecular weight excluding hydrogens is 542 g/mol. The van der Waals surface area contributed by atoms with Gasteiger partial charge in [-0.05, 0) is 69.1 Å². The standard InChI is InChI=1S/C30H39N5O7/c36-26-25-16-23(42-32-18-20-12-14-31-15-13-20)19-35(25)27(37)24(33-29(40)41-22-9-6-7-10-22)11-5-3-1-2-4-8-21-17-30(21,34-26)28(38)39/h4,8,12-15,18,21-25H,1-3,5-7,9-11,16-17,19H2,(H,33,40)(H,34,36)(H,38,39)/b8-4-,32-18+/t21?,23-,24+,25+,30-/m1/s1. The van der Waals surface area contributed by atoms with Crippen molar-refractivity contribution in [2.24, 2.45) is 11.1 Å². The number of fused-ring (bicyclic) bond motifs is 2. The molecule has 1 saturated heterocycles. The van der Waals surface area contributed by atoms with Gasteiger partial charge in [0.15, 0.2) is 0 Å². The summed E-state index contributed by atoms with van der Waals surface area (Å²) < 4.78 is 5.57. The number of ether oxygens (including phenoxy) is 1. The Bertz CT molecular complexity index is 1200. The van der Waals surface area contributed by atoms with E-state index in [-0.39, 0.29) is 25.0 Å². The number of oxime groups is 1. The van der Waals surface area contributed by atoms with Crippen LogP contribution in [0.3, 0.4) is 0 Å². The fourth-order valence-electron chi connectivity index (χ4n) is 6.10. The number of carbonyl (C=O) groups is 4. The highest BCUT2D eigenvalue weighted by Gasteiger charge is 2.61. The van der Waals surface area contributed by atoms with Crippen molar-refractivity contribution in [3.63, 3.8) is 0 Å². The second-order valence-electron chi connectivity index (χ2n) is 11.6. The Morgan fingerprint density at radius 1 is 1.10 bits per heavy atom. The summed E-state index contributed by atoms with van der Waals surface area (Å²) in [6.07, 6.45) is 14.8. The summed E-state index contributed by atoms with van der Waals surface area (Å²) in [5.74, 6) is -2.40. The van der Waals surface area contributed by atoms with Crippen LogP contribution in [0.15, 0.2) is 41.8 Å². The lowest BCUT2D eigenvalue weighted by Crippen LogP contribution is -2.56. The fourth-order valence-corrected chi connectivity index (χ4v) is 6.10. The predicted molar refractivity (Wildman–Crippen MR) is 151 cm³/mol. The summed E-state index contributed by atoms with van der Waals surface area (Å²) >= 11 is 0. The van der Waals surface area contributed by atoms with Gasteiger partial charge in [0.2, 0.25) is 11.8 Å². The van der Waals surface area contributed by atoms with E-state index >= 15 is 0 Å². The first-order valence-corrected chi connectivity index (χ1v) is 14.9. The van der Waals surface area contributed by atoms with E-state index in [9.17, 15) is 24.3 Å². The molecule has 3 amide bonds. The monoisotopic (exact) mass is 581 g/mol. The Kier molecular flexibility index (Phi) is 9.38. The van der Waals surface area contributed by atoms with Crippen molar-refractivity contribution in [2.75, 3.05) is 6.54 Å². The zero-order valence-corrected chi connectivity index (χ0v) is 23.7. The average molecular weight is 582 g/mol. The summed E-state index contributed by atoms with van der Waals surface area (Å²) in [7, 11) is 0. The quantitative estimate of drug-likeness (QED) is 0.263. The van der Waals surface area contributed by atoms with Crippen LogP contribution in [0, 0.1) is 5.92 Å². The van der Waals surface area contributed by atoms with E-state index in [2.05, 4.69) is 20.8 Å². The van der Waals surface area contributed by atoms with Gasteiger partial charge in [0.1, 0.15) is 29.8 Å². The van der Waals surface area contributed by atoms with Crippen molar-refractivity contribution in [3.8, 4) is 0 Å². The lowest BCUT2D eigenvalue weighted by molar-refractivity contribution is -0.145. The number of rotatable bonds is 6. The van der Waals surface area contributed by atoms with E-state index in [1.807, 2.05) is 12.2 Å². The average Bonchev–Trinajstić information content (AvgIpc) is 3.27. The second-order valence-corrected chi connectivity index (χ2v) is 11.6. The third kappa shape index (κ3) is 7.08. The third-order valence-electron chi connectivity index (χ3n) is 8.61. The van der Waals surface area contributed by atoms with E-state index in [1.54, 1.807) is 24.5 Å². The van der Waals surface area contributed by atoms with Gasteiger partial charge in [0.25, 0.3) is 0 Å². The minimum atomic E-state index is -1.40. The summed E-state index contributed by atoms with van der Waals surface area (Å²) in [4.78, 5) is 63.7. The molecule has 2 saturated carbocycles. The van der Waals surface area contributed by atoms with Gasteiger partial charge in [-0.3, -0.25) is 14.6 Å². The zero-order valence-electron chi connectivity index (χ0n) is 23.7. The van der Waals surface area contributed by atoms with Crippen LogP contribution < -0.4 is 10.6 Å². The first-order chi connectivity index (χ1) is 20.4. The molecule has 0 aromatic carbocycles. The maximum absolute atomic E-state index is 14.0. The molecule has 4 aliphatic rings. The van der Waals surface area contributed by atoms with Crippen LogP contribution in [0.1, 0.15) is 76.2 Å². The van der Waals surface area contributed by atoms with Gasteiger partial charge in [-0.15, -0.1) is 0 Å². The van der Waals surface area contributed by atoms with Gasteiger partial charge in [-0.25, -0.2) is 9.59 Å². The molecule has 1 aromatic heterocycles. The summed E-state index contributed by atoms with van der Waals surface area (Å²) in [5, 5.41) is 19.6. The molecule has 2 aliphatic carbocycles. The van der Waals surface area contributed by atoms with E-state index in [0.29, 0.717) is 19.3 Å². The smallest absolute Gasteiger partial charge is 0.408 e. The number of amides is 3. The molecule has 2 aliphatic heterocycles. The van der Waals surface area contributed by atoms with Crippen molar-refractivity contribution < 1.29 is 33.9 Å². The molecular formula is C30H39N5O7. The zero-order chi connectivity index (χ0) is 29.5. The molecule has 12 heteroatoms. The number of pyridine rings is 1.